The molecular formula is C23H16N2O6. The Balaban J connectivity index is 1.44. The molecule has 1 aliphatic heterocycles. The predicted octanol–water partition coefficient (Wildman–Crippen LogP) is 3.05. The predicted molar refractivity (Wildman–Crippen MR) is 109 cm³/mol. The summed E-state index contributed by atoms with van der Waals surface area (Å²) in [5.74, 6) is -1.31. The number of ether oxygens (including phenoxy) is 1. The molecule has 0 aliphatic carbocycles. The lowest BCUT2D eigenvalue weighted by Crippen LogP contribution is -2.51. The summed E-state index contributed by atoms with van der Waals surface area (Å²) in [6, 6.07) is 18.4. The molecule has 1 aliphatic rings. The molecule has 8 nitrogen and oxygen atoms in total. The summed E-state index contributed by atoms with van der Waals surface area (Å²) in [4.78, 5) is 46.9. The van der Waals surface area contributed by atoms with Crippen molar-refractivity contribution in [1.29, 1.82) is 0 Å². The van der Waals surface area contributed by atoms with Gasteiger partial charge in [0.1, 0.15) is 23.7 Å². The van der Waals surface area contributed by atoms with Crippen LogP contribution in [0.25, 0.3) is 17.4 Å². The van der Waals surface area contributed by atoms with Crippen molar-refractivity contribution in [1.82, 2.24) is 10.6 Å². The molecule has 1 fully saturated rings. The molecule has 2 heterocycles. The van der Waals surface area contributed by atoms with Crippen molar-refractivity contribution in [3.63, 3.8) is 0 Å². The van der Waals surface area contributed by atoms with E-state index in [1.54, 1.807) is 36.4 Å². The van der Waals surface area contributed by atoms with Gasteiger partial charge in [-0.05, 0) is 35.9 Å². The first kappa shape index (κ1) is 19.8. The second-order valence-corrected chi connectivity index (χ2v) is 6.64. The largest absolute Gasteiger partial charge is 0.457 e. The highest BCUT2D eigenvalue weighted by molar-refractivity contribution is 6.31. The van der Waals surface area contributed by atoms with Gasteiger partial charge in [0.2, 0.25) is 0 Å². The molecule has 31 heavy (non-hydrogen) atoms. The fourth-order valence-corrected chi connectivity index (χ4v) is 2.91. The summed E-state index contributed by atoms with van der Waals surface area (Å²) in [7, 11) is 0. The van der Waals surface area contributed by atoms with Gasteiger partial charge in [-0.15, -0.1) is 0 Å². The van der Waals surface area contributed by atoms with Gasteiger partial charge < -0.3 is 9.15 Å². The zero-order chi connectivity index (χ0) is 21.8. The van der Waals surface area contributed by atoms with E-state index in [-0.39, 0.29) is 17.9 Å². The van der Waals surface area contributed by atoms with Gasteiger partial charge in [-0.25, -0.2) is 9.59 Å². The highest BCUT2D eigenvalue weighted by Gasteiger charge is 2.28. The zero-order valence-electron chi connectivity index (χ0n) is 16.1. The molecule has 2 N–H and O–H groups in total. The third-order valence-corrected chi connectivity index (χ3v) is 4.47. The van der Waals surface area contributed by atoms with Crippen LogP contribution in [0.15, 0.2) is 76.7 Å². The molecule has 3 aromatic rings. The van der Waals surface area contributed by atoms with Gasteiger partial charge in [0.15, 0.2) is 0 Å². The Bertz CT molecular complexity index is 1170. The number of furan rings is 1. The van der Waals surface area contributed by atoms with Gasteiger partial charge in [0.05, 0.1) is 5.56 Å². The molecule has 0 spiro atoms. The van der Waals surface area contributed by atoms with E-state index >= 15 is 0 Å². The van der Waals surface area contributed by atoms with Crippen LogP contribution in [0, 0.1) is 0 Å². The van der Waals surface area contributed by atoms with Crippen LogP contribution in [0.5, 0.6) is 0 Å². The highest BCUT2D eigenvalue weighted by atomic mass is 16.5. The lowest BCUT2D eigenvalue weighted by atomic mass is 10.1. The molecule has 0 unspecified atom stereocenters. The normalized spacial score (nSPS) is 13.4. The summed E-state index contributed by atoms with van der Waals surface area (Å²) in [6.07, 6.45) is 1.25. The minimum atomic E-state index is -0.866. The number of urea groups is 1. The maximum atomic E-state index is 12.2. The van der Waals surface area contributed by atoms with Gasteiger partial charge in [0, 0.05) is 5.56 Å². The molecule has 0 bridgehead atoms. The van der Waals surface area contributed by atoms with E-state index in [4.69, 9.17) is 9.15 Å². The number of hydrogen-bond acceptors (Lipinski definition) is 6. The smallest absolute Gasteiger partial charge is 0.338 e. The van der Waals surface area contributed by atoms with Crippen molar-refractivity contribution in [2.45, 2.75) is 6.61 Å². The minimum Gasteiger partial charge on any atom is -0.457 e. The molecule has 2 aromatic carbocycles. The Morgan fingerprint density at radius 3 is 2.23 bits per heavy atom. The average Bonchev–Trinajstić information content (AvgIpc) is 3.24. The second kappa shape index (κ2) is 8.50. The first-order valence-electron chi connectivity index (χ1n) is 9.29. The molecule has 8 heteroatoms. The number of esters is 1. The van der Waals surface area contributed by atoms with E-state index in [0.29, 0.717) is 16.9 Å². The standard InChI is InChI=1S/C23H16N2O6/c26-20-18(21(27)25-23(29)24-20)12-17-10-11-19(31-17)15-6-8-16(9-7-15)22(28)30-13-14-4-2-1-3-5-14/h1-12H,13H2,(H2,24,25,26,27,29). The lowest BCUT2D eigenvalue weighted by molar-refractivity contribution is -0.123. The lowest BCUT2D eigenvalue weighted by Gasteiger charge is -2.13. The van der Waals surface area contributed by atoms with E-state index in [0.717, 1.165) is 5.56 Å². The summed E-state index contributed by atoms with van der Waals surface area (Å²) in [6.45, 7) is 0.185. The molecule has 0 atom stereocenters. The number of hydrogen-bond donors (Lipinski definition) is 2. The fraction of sp³-hybridized carbons (Fsp3) is 0.0435. The number of rotatable bonds is 5. The van der Waals surface area contributed by atoms with Gasteiger partial charge in [0.25, 0.3) is 11.8 Å². The molecule has 0 saturated carbocycles. The Kier molecular flexibility index (Phi) is 5.44. The van der Waals surface area contributed by atoms with Gasteiger partial charge in [-0.1, -0.05) is 42.5 Å². The second-order valence-electron chi connectivity index (χ2n) is 6.64. The molecule has 4 amide bonds. The van der Waals surface area contributed by atoms with Crippen LogP contribution in [0.4, 0.5) is 4.79 Å². The number of amides is 4. The Morgan fingerprint density at radius 1 is 0.871 bits per heavy atom. The van der Waals surface area contributed by atoms with Crippen molar-refractivity contribution in [3.05, 3.63) is 89.2 Å². The van der Waals surface area contributed by atoms with Crippen LogP contribution in [0.1, 0.15) is 21.7 Å². The van der Waals surface area contributed by atoms with E-state index in [9.17, 15) is 19.2 Å². The van der Waals surface area contributed by atoms with E-state index < -0.39 is 23.8 Å². The van der Waals surface area contributed by atoms with Crippen molar-refractivity contribution < 1.29 is 28.3 Å². The van der Waals surface area contributed by atoms with E-state index in [1.807, 2.05) is 41.0 Å². The number of barbiturate groups is 1. The quantitative estimate of drug-likeness (QED) is 0.375. The first-order valence-corrected chi connectivity index (χ1v) is 9.29. The van der Waals surface area contributed by atoms with Crippen LogP contribution in [0.3, 0.4) is 0 Å². The van der Waals surface area contributed by atoms with Crippen molar-refractivity contribution in [2.75, 3.05) is 0 Å². The summed E-state index contributed by atoms with van der Waals surface area (Å²) in [5.41, 5.74) is 1.75. The van der Waals surface area contributed by atoms with E-state index in [2.05, 4.69) is 0 Å². The van der Waals surface area contributed by atoms with Crippen LogP contribution < -0.4 is 10.6 Å². The number of nitrogens with one attached hydrogen (secondary N) is 2. The monoisotopic (exact) mass is 416 g/mol. The molecule has 1 aromatic heterocycles. The Hall–Kier alpha value is -4.46. The number of benzene rings is 2. The summed E-state index contributed by atoms with van der Waals surface area (Å²) < 4.78 is 11.0. The molecule has 1 saturated heterocycles. The van der Waals surface area contributed by atoms with Crippen LogP contribution >= 0.6 is 0 Å². The molecule has 4 rings (SSSR count). The van der Waals surface area contributed by atoms with Gasteiger partial charge in [-0.3, -0.25) is 20.2 Å². The van der Waals surface area contributed by atoms with Crippen molar-refractivity contribution >= 4 is 29.9 Å². The topological polar surface area (TPSA) is 115 Å². The number of imide groups is 2. The number of carbonyl (C=O) groups is 4. The van der Waals surface area contributed by atoms with Crippen LogP contribution in [0.2, 0.25) is 0 Å². The maximum absolute atomic E-state index is 12.2. The third kappa shape index (κ3) is 4.59. The Labute approximate surface area is 176 Å². The molecule has 154 valence electrons. The molecule has 0 radical (unpaired) electrons. The highest BCUT2D eigenvalue weighted by Crippen LogP contribution is 2.24. The van der Waals surface area contributed by atoms with E-state index in [1.165, 1.54) is 6.08 Å². The third-order valence-electron chi connectivity index (χ3n) is 4.47. The van der Waals surface area contributed by atoms with Gasteiger partial charge in [-0.2, -0.15) is 0 Å². The minimum absolute atomic E-state index is 0.185. The summed E-state index contributed by atoms with van der Waals surface area (Å²) in [5, 5.41) is 3.98. The summed E-state index contributed by atoms with van der Waals surface area (Å²) >= 11 is 0. The van der Waals surface area contributed by atoms with Gasteiger partial charge >= 0.3 is 12.0 Å². The Morgan fingerprint density at radius 2 is 1.55 bits per heavy atom. The zero-order valence-corrected chi connectivity index (χ0v) is 16.1. The average molecular weight is 416 g/mol. The maximum Gasteiger partial charge on any atom is 0.338 e. The first-order chi connectivity index (χ1) is 15.0. The van der Waals surface area contributed by atoms with Crippen LogP contribution in [-0.2, 0) is 20.9 Å². The fourth-order valence-electron chi connectivity index (χ4n) is 2.91. The SMILES string of the molecule is O=C1NC(=O)C(=Cc2ccc(-c3ccc(C(=O)OCc4ccccc4)cc3)o2)C(=O)N1. The van der Waals surface area contributed by atoms with Crippen molar-refractivity contribution in [3.8, 4) is 11.3 Å². The number of carbonyl (C=O) groups excluding carboxylic acids is 4. The van der Waals surface area contributed by atoms with Crippen molar-refractivity contribution in [2.24, 2.45) is 0 Å². The van der Waals surface area contributed by atoms with Crippen LogP contribution in [-0.4, -0.2) is 23.8 Å². The molecular weight excluding hydrogens is 400 g/mol.